The molecular formula is C18H24N2. The van der Waals surface area contributed by atoms with Crippen molar-refractivity contribution in [1.82, 2.24) is 10.2 Å². The molecule has 1 fully saturated rings. The highest BCUT2D eigenvalue weighted by Gasteiger charge is 2.22. The summed E-state index contributed by atoms with van der Waals surface area (Å²) < 4.78 is 0. The molecule has 0 spiro atoms. The second kappa shape index (κ2) is 6.38. The van der Waals surface area contributed by atoms with Gasteiger partial charge in [0.1, 0.15) is 0 Å². The van der Waals surface area contributed by atoms with Crippen LogP contribution in [0.3, 0.4) is 0 Å². The molecule has 20 heavy (non-hydrogen) atoms. The van der Waals surface area contributed by atoms with Gasteiger partial charge in [-0.25, -0.2) is 0 Å². The van der Waals surface area contributed by atoms with Gasteiger partial charge in [0.2, 0.25) is 0 Å². The molecule has 1 aliphatic rings. The molecule has 0 bridgehead atoms. The van der Waals surface area contributed by atoms with E-state index >= 15 is 0 Å². The molecule has 1 atom stereocenters. The second-order valence-corrected chi connectivity index (χ2v) is 5.69. The number of rotatable bonds is 5. The van der Waals surface area contributed by atoms with Gasteiger partial charge in [-0.1, -0.05) is 49.4 Å². The molecule has 0 aliphatic carbocycles. The predicted octanol–water partition coefficient (Wildman–Crippen LogP) is 3.41. The monoisotopic (exact) mass is 268 g/mol. The molecule has 1 heterocycles. The summed E-state index contributed by atoms with van der Waals surface area (Å²) in [6.45, 7) is 6.80. The Morgan fingerprint density at radius 1 is 1.15 bits per heavy atom. The molecule has 106 valence electrons. The first-order chi connectivity index (χ1) is 9.88. The van der Waals surface area contributed by atoms with E-state index in [0.717, 1.165) is 19.1 Å². The molecule has 0 unspecified atom stereocenters. The molecule has 2 aromatic carbocycles. The van der Waals surface area contributed by atoms with Gasteiger partial charge in [-0.2, -0.15) is 0 Å². The highest BCUT2D eigenvalue weighted by molar-refractivity contribution is 5.85. The van der Waals surface area contributed by atoms with Crippen LogP contribution in [-0.4, -0.2) is 30.6 Å². The summed E-state index contributed by atoms with van der Waals surface area (Å²) in [6, 6.07) is 16.0. The van der Waals surface area contributed by atoms with Crippen LogP contribution in [-0.2, 0) is 6.54 Å². The van der Waals surface area contributed by atoms with Crippen LogP contribution in [0.4, 0.5) is 0 Å². The maximum Gasteiger partial charge on any atom is 0.0221 e. The molecule has 2 aromatic rings. The lowest BCUT2D eigenvalue weighted by molar-refractivity contribution is 0.260. The molecular weight excluding hydrogens is 244 g/mol. The number of likely N-dealkylation sites (N-methyl/N-ethyl adjacent to an activating group) is 1. The van der Waals surface area contributed by atoms with Crippen molar-refractivity contribution < 1.29 is 0 Å². The zero-order valence-corrected chi connectivity index (χ0v) is 12.3. The van der Waals surface area contributed by atoms with Crippen LogP contribution in [0.1, 0.15) is 25.3 Å². The Hall–Kier alpha value is -1.38. The van der Waals surface area contributed by atoms with Crippen LogP contribution in [0.2, 0.25) is 0 Å². The number of likely N-dealkylation sites (tertiary alicyclic amines) is 1. The Labute approximate surface area is 121 Å². The summed E-state index contributed by atoms with van der Waals surface area (Å²) in [5, 5.41) is 6.37. The van der Waals surface area contributed by atoms with Gasteiger partial charge in [0.05, 0.1) is 0 Å². The first kappa shape index (κ1) is 13.6. The van der Waals surface area contributed by atoms with Crippen molar-refractivity contribution in [2.75, 3.05) is 19.6 Å². The third-order valence-electron chi connectivity index (χ3n) is 4.48. The van der Waals surface area contributed by atoms with E-state index < -0.39 is 0 Å². The number of hydrogen-bond acceptors (Lipinski definition) is 2. The van der Waals surface area contributed by atoms with Gasteiger partial charge in [0, 0.05) is 19.1 Å². The quantitative estimate of drug-likeness (QED) is 0.894. The Kier molecular flexibility index (Phi) is 4.34. The summed E-state index contributed by atoms with van der Waals surface area (Å²) >= 11 is 0. The summed E-state index contributed by atoms with van der Waals surface area (Å²) in [5.74, 6) is 0. The van der Waals surface area contributed by atoms with Gasteiger partial charge in [0.25, 0.3) is 0 Å². The van der Waals surface area contributed by atoms with E-state index in [9.17, 15) is 0 Å². The average molecular weight is 268 g/mol. The molecule has 0 amide bonds. The lowest BCUT2D eigenvalue weighted by Gasteiger charge is -2.23. The molecule has 0 aromatic heterocycles. The lowest BCUT2D eigenvalue weighted by Crippen LogP contribution is -2.37. The molecule has 1 N–H and O–H groups in total. The summed E-state index contributed by atoms with van der Waals surface area (Å²) in [6.07, 6.45) is 2.70. The van der Waals surface area contributed by atoms with E-state index in [0.29, 0.717) is 0 Å². The Morgan fingerprint density at radius 2 is 2.00 bits per heavy atom. The number of benzene rings is 2. The minimum absolute atomic E-state index is 0.731. The zero-order chi connectivity index (χ0) is 13.8. The van der Waals surface area contributed by atoms with Gasteiger partial charge in [-0.3, -0.25) is 4.90 Å². The van der Waals surface area contributed by atoms with Crippen molar-refractivity contribution in [2.45, 2.75) is 32.4 Å². The minimum Gasteiger partial charge on any atom is -0.311 e. The third-order valence-corrected chi connectivity index (χ3v) is 4.48. The van der Waals surface area contributed by atoms with Crippen LogP contribution in [0.25, 0.3) is 10.8 Å². The van der Waals surface area contributed by atoms with E-state index in [2.05, 4.69) is 59.6 Å². The van der Waals surface area contributed by atoms with Crippen LogP contribution in [0, 0.1) is 0 Å². The lowest BCUT2D eigenvalue weighted by atomic mass is 10.0. The van der Waals surface area contributed by atoms with E-state index in [1.54, 1.807) is 0 Å². The second-order valence-electron chi connectivity index (χ2n) is 5.69. The van der Waals surface area contributed by atoms with E-state index in [4.69, 9.17) is 0 Å². The Morgan fingerprint density at radius 3 is 2.90 bits per heavy atom. The Balaban J connectivity index is 1.63. The maximum absolute atomic E-state index is 3.66. The molecule has 1 aliphatic heterocycles. The fourth-order valence-corrected chi connectivity index (χ4v) is 3.36. The van der Waals surface area contributed by atoms with Gasteiger partial charge in [0.15, 0.2) is 0 Å². The molecule has 2 heteroatoms. The zero-order valence-electron chi connectivity index (χ0n) is 12.3. The van der Waals surface area contributed by atoms with Gasteiger partial charge in [-0.05, 0) is 42.3 Å². The Bertz CT molecular complexity index is 559. The van der Waals surface area contributed by atoms with Gasteiger partial charge in [-0.15, -0.1) is 0 Å². The summed E-state index contributed by atoms with van der Waals surface area (Å²) in [7, 11) is 0. The molecule has 1 saturated heterocycles. The van der Waals surface area contributed by atoms with E-state index in [-0.39, 0.29) is 0 Å². The highest BCUT2D eigenvalue weighted by atomic mass is 15.2. The minimum atomic E-state index is 0.731. The van der Waals surface area contributed by atoms with Crippen LogP contribution < -0.4 is 5.32 Å². The normalized spacial score (nSPS) is 19.8. The third kappa shape index (κ3) is 2.87. The predicted molar refractivity (Wildman–Crippen MR) is 85.9 cm³/mol. The van der Waals surface area contributed by atoms with E-state index in [1.807, 2.05) is 0 Å². The van der Waals surface area contributed by atoms with Crippen LogP contribution in [0.15, 0.2) is 42.5 Å². The largest absolute Gasteiger partial charge is 0.311 e. The smallest absolute Gasteiger partial charge is 0.0221 e. The first-order valence-corrected chi connectivity index (χ1v) is 7.80. The maximum atomic E-state index is 3.66. The summed E-state index contributed by atoms with van der Waals surface area (Å²) in [4.78, 5) is 2.59. The van der Waals surface area contributed by atoms with Crippen LogP contribution >= 0.6 is 0 Å². The number of hydrogen-bond donors (Lipinski definition) is 1. The van der Waals surface area contributed by atoms with Gasteiger partial charge >= 0.3 is 0 Å². The van der Waals surface area contributed by atoms with Crippen LogP contribution in [0.5, 0.6) is 0 Å². The van der Waals surface area contributed by atoms with Crippen molar-refractivity contribution in [3.8, 4) is 0 Å². The number of nitrogens with zero attached hydrogens (tertiary/aromatic N) is 1. The first-order valence-electron chi connectivity index (χ1n) is 7.80. The van der Waals surface area contributed by atoms with Crippen molar-refractivity contribution in [3.63, 3.8) is 0 Å². The number of fused-ring (bicyclic) bond motifs is 1. The molecule has 0 radical (unpaired) electrons. The molecule has 3 rings (SSSR count). The average Bonchev–Trinajstić information content (AvgIpc) is 2.95. The van der Waals surface area contributed by atoms with E-state index in [1.165, 1.54) is 42.3 Å². The van der Waals surface area contributed by atoms with Crippen molar-refractivity contribution in [1.29, 1.82) is 0 Å². The highest BCUT2D eigenvalue weighted by Crippen LogP contribution is 2.19. The van der Waals surface area contributed by atoms with Crippen molar-refractivity contribution in [2.24, 2.45) is 0 Å². The molecule has 0 saturated carbocycles. The topological polar surface area (TPSA) is 15.3 Å². The van der Waals surface area contributed by atoms with Gasteiger partial charge < -0.3 is 5.32 Å². The fraction of sp³-hybridized carbons (Fsp3) is 0.444. The van der Waals surface area contributed by atoms with Crippen molar-refractivity contribution in [3.05, 3.63) is 48.0 Å². The SMILES string of the molecule is CCN1CCC[C@H]1CNCc1cccc2ccccc12. The summed E-state index contributed by atoms with van der Waals surface area (Å²) in [5.41, 5.74) is 1.41. The standard InChI is InChI=1S/C18H24N2/c1-2-20-12-6-10-17(20)14-19-13-16-9-5-8-15-7-3-4-11-18(15)16/h3-5,7-9,11,17,19H,2,6,10,12-14H2,1H3/t17-/m0/s1. The number of nitrogens with one attached hydrogen (secondary N) is 1. The fourth-order valence-electron chi connectivity index (χ4n) is 3.36. The van der Waals surface area contributed by atoms with Crippen molar-refractivity contribution >= 4 is 10.8 Å². The molecule has 2 nitrogen and oxygen atoms in total.